The maximum Gasteiger partial charge on any atom is 0.193 e. The molecule has 0 N–H and O–H groups in total. The van der Waals surface area contributed by atoms with Gasteiger partial charge in [0.05, 0.1) is 18.6 Å². The average molecular weight is 447 g/mol. The molecule has 6 rings (SSSR count). The summed E-state index contributed by atoms with van der Waals surface area (Å²) in [5.41, 5.74) is 4.49. The van der Waals surface area contributed by atoms with E-state index in [0.29, 0.717) is 17.7 Å². The largest absolute Gasteiger partial charge is 0.328 e. The zero-order valence-corrected chi connectivity index (χ0v) is 18.5. The number of halogens is 1. The number of nitrogens with zero attached hydrogens (tertiary/aromatic N) is 2. The fourth-order valence-electron chi connectivity index (χ4n) is 4.46. The Balaban J connectivity index is 1.35. The number of aliphatic imine (C=N–C) groups is 1. The topological polar surface area (TPSA) is 32.7 Å². The molecule has 3 nitrogen and oxygen atoms in total. The molecule has 0 aromatic heterocycles. The lowest BCUT2D eigenvalue weighted by Crippen LogP contribution is -2.23. The Labute approximate surface area is 196 Å². The van der Waals surface area contributed by atoms with E-state index >= 15 is 0 Å². The van der Waals surface area contributed by atoms with Crippen molar-refractivity contribution >= 4 is 56.6 Å². The lowest BCUT2D eigenvalue weighted by atomic mass is 9.97. The van der Waals surface area contributed by atoms with Gasteiger partial charge in [-0.3, -0.25) is 4.79 Å². The minimum Gasteiger partial charge on any atom is -0.328 e. The zero-order valence-electron chi connectivity index (χ0n) is 17.7. The molecule has 0 atom stereocenters. The second-order valence-electron chi connectivity index (χ2n) is 8.21. The van der Waals surface area contributed by atoms with Crippen LogP contribution in [-0.2, 0) is 6.54 Å². The lowest BCUT2D eigenvalue weighted by Gasteiger charge is -2.26. The van der Waals surface area contributed by atoms with Crippen LogP contribution in [0.1, 0.15) is 21.5 Å². The van der Waals surface area contributed by atoms with Crippen molar-refractivity contribution in [3.63, 3.8) is 0 Å². The SMILES string of the molecule is O=C(c1ccccc1)c1ccc(N2C=Nc3ccc4cc5cccc(Cl)c5cc4c3C2)cc1. The van der Waals surface area contributed by atoms with Crippen LogP contribution in [0.4, 0.5) is 11.4 Å². The van der Waals surface area contributed by atoms with Gasteiger partial charge < -0.3 is 4.90 Å². The highest BCUT2D eigenvalue weighted by molar-refractivity contribution is 6.36. The van der Waals surface area contributed by atoms with E-state index in [4.69, 9.17) is 16.6 Å². The van der Waals surface area contributed by atoms with Crippen molar-refractivity contribution in [2.24, 2.45) is 4.99 Å². The van der Waals surface area contributed by atoms with Crippen molar-refractivity contribution in [1.82, 2.24) is 0 Å². The summed E-state index contributed by atoms with van der Waals surface area (Å²) < 4.78 is 0. The van der Waals surface area contributed by atoms with Crippen LogP contribution < -0.4 is 4.90 Å². The predicted octanol–water partition coefficient (Wildman–Crippen LogP) is 7.56. The van der Waals surface area contributed by atoms with E-state index in [-0.39, 0.29) is 5.78 Å². The van der Waals surface area contributed by atoms with E-state index < -0.39 is 0 Å². The minimum atomic E-state index is 0.0227. The first kappa shape index (κ1) is 19.7. The third-order valence-corrected chi connectivity index (χ3v) is 6.54. The number of fused-ring (bicyclic) bond motifs is 4. The molecule has 33 heavy (non-hydrogen) atoms. The summed E-state index contributed by atoms with van der Waals surface area (Å²) in [7, 11) is 0. The van der Waals surface area contributed by atoms with Crippen LogP contribution in [0, 0.1) is 0 Å². The van der Waals surface area contributed by atoms with Crippen molar-refractivity contribution in [3.8, 4) is 0 Å². The van der Waals surface area contributed by atoms with Gasteiger partial charge in [0.25, 0.3) is 0 Å². The minimum absolute atomic E-state index is 0.0227. The molecule has 0 spiro atoms. The summed E-state index contributed by atoms with van der Waals surface area (Å²) in [5, 5.41) is 5.26. The standard InChI is InChI=1S/C29H19ClN2O/c30-27-8-4-7-21-15-22-11-14-28-26(24(22)16-25(21)27)17-32(18-31-28)23-12-9-20(10-13-23)29(33)19-5-2-1-3-6-19/h1-16,18H,17H2. The first-order chi connectivity index (χ1) is 16.2. The van der Waals surface area contributed by atoms with Crippen LogP contribution in [0.15, 0.2) is 102 Å². The van der Waals surface area contributed by atoms with Crippen LogP contribution in [0.3, 0.4) is 0 Å². The van der Waals surface area contributed by atoms with E-state index in [1.54, 1.807) is 0 Å². The summed E-state index contributed by atoms with van der Waals surface area (Å²) in [6, 6.07) is 31.6. The Morgan fingerprint density at radius 2 is 1.52 bits per heavy atom. The molecule has 1 heterocycles. The van der Waals surface area contributed by atoms with Gasteiger partial charge in [0.1, 0.15) is 0 Å². The Morgan fingerprint density at radius 1 is 0.758 bits per heavy atom. The van der Waals surface area contributed by atoms with Gasteiger partial charge in [0.15, 0.2) is 5.78 Å². The highest BCUT2D eigenvalue weighted by Crippen LogP contribution is 2.36. The molecule has 0 fully saturated rings. The van der Waals surface area contributed by atoms with E-state index in [1.165, 1.54) is 10.9 Å². The number of ketones is 1. The van der Waals surface area contributed by atoms with Gasteiger partial charge in [-0.15, -0.1) is 0 Å². The van der Waals surface area contributed by atoms with Crippen molar-refractivity contribution in [2.45, 2.75) is 6.54 Å². The maximum absolute atomic E-state index is 12.7. The second kappa shape index (κ2) is 7.88. The first-order valence-corrected chi connectivity index (χ1v) is 11.2. The third kappa shape index (κ3) is 3.47. The number of rotatable bonds is 3. The Bertz CT molecular complexity index is 1560. The van der Waals surface area contributed by atoms with Gasteiger partial charge in [-0.2, -0.15) is 0 Å². The summed E-state index contributed by atoms with van der Waals surface area (Å²) in [5.74, 6) is 0.0227. The Morgan fingerprint density at radius 3 is 2.33 bits per heavy atom. The normalized spacial score (nSPS) is 12.8. The van der Waals surface area contributed by atoms with Gasteiger partial charge in [-0.05, 0) is 64.7 Å². The number of hydrogen-bond donors (Lipinski definition) is 0. The molecule has 0 saturated heterocycles. The number of benzene rings is 5. The van der Waals surface area contributed by atoms with Gasteiger partial charge in [-0.1, -0.05) is 60.1 Å². The molecule has 0 saturated carbocycles. The summed E-state index contributed by atoms with van der Waals surface area (Å²) in [6.07, 6.45) is 1.86. The Kier molecular flexibility index (Phi) is 4.70. The molecule has 4 heteroatoms. The first-order valence-electron chi connectivity index (χ1n) is 10.8. The molecule has 5 aromatic rings. The second-order valence-corrected chi connectivity index (χ2v) is 8.62. The summed E-state index contributed by atoms with van der Waals surface area (Å²) in [4.78, 5) is 19.5. The fraction of sp³-hybridized carbons (Fsp3) is 0.0345. The molecule has 0 bridgehead atoms. The molecule has 0 aliphatic carbocycles. The fourth-order valence-corrected chi connectivity index (χ4v) is 4.70. The molecule has 1 aliphatic heterocycles. The van der Waals surface area contributed by atoms with E-state index in [0.717, 1.165) is 32.6 Å². The number of carbonyl (C=O) groups excluding carboxylic acids is 1. The van der Waals surface area contributed by atoms with Crippen molar-refractivity contribution < 1.29 is 4.79 Å². The smallest absolute Gasteiger partial charge is 0.193 e. The zero-order chi connectivity index (χ0) is 22.4. The van der Waals surface area contributed by atoms with Gasteiger partial charge in [-0.25, -0.2) is 4.99 Å². The average Bonchev–Trinajstić information content (AvgIpc) is 2.88. The number of hydrogen-bond acceptors (Lipinski definition) is 3. The molecule has 0 amide bonds. The predicted molar refractivity (Wildman–Crippen MR) is 137 cm³/mol. The van der Waals surface area contributed by atoms with Gasteiger partial charge in [0.2, 0.25) is 0 Å². The molecule has 158 valence electrons. The monoisotopic (exact) mass is 446 g/mol. The number of carbonyl (C=O) groups is 1. The maximum atomic E-state index is 12.7. The summed E-state index contributed by atoms with van der Waals surface area (Å²) >= 11 is 6.48. The van der Waals surface area contributed by atoms with Gasteiger partial charge in [0, 0.05) is 32.8 Å². The number of anilines is 1. The van der Waals surface area contributed by atoms with Crippen LogP contribution in [0.5, 0.6) is 0 Å². The summed E-state index contributed by atoms with van der Waals surface area (Å²) in [6.45, 7) is 0.693. The highest BCUT2D eigenvalue weighted by Gasteiger charge is 2.18. The molecule has 0 unspecified atom stereocenters. The van der Waals surface area contributed by atoms with E-state index in [2.05, 4.69) is 35.2 Å². The van der Waals surface area contributed by atoms with Crippen molar-refractivity contribution in [2.75, 3.05) is 4.90 Å². The third-order valence-electron chi connectivity index (χ3n) is 6.21. The van der Waals surface area contributed by atoms with Crippen LogP contribution in [0.2, 0.25) is 5.02 Å². The van der Waals surface area contributed by atoms with Crippen LogP contribution >= 0.6 is 11.6 Å². The van der Waals surface area contributed by atoms with Crippen LogP contribution in [0.25, 0.3) is 21.5 Å². The molecule has 5 aromatic carbocycles. The van der Waals surface area contributed by atoms with E-state index in [9.17, 15) is 4.79 Å². The molecule has 0 radical (unpaired) electrons. The Hall–Kier alpha value is -3.95. The highest BCUT2D eigenvalue weighted by atomic mass is 35.5. The molecule has 1 aliphatic rings. The molecular formula is C29H19ClN2O. The van der Waals surface area contributed by atoms with Gasteiger partial charge >= 0.3 is 0 Å². The molecular weight excluding hydrogens is 428 g/mol. The van der Waals surface area contributed by atoms with Crippen molar-refractivity contribution in [1.29, 1.82) is 0 Å². The van der Waals surface area contributed by atoms with Crippen LogP contribution in [-0.4, -0.2) is 12.1 Å². The quantitative estimate of drug-likeness (QED) is 0.211. The lowest BCUT2D eigenvalue weighted by molar-refractivity contribution is 0.103. The van der Waals surface area contributed by atoms with Crippen molar-refractivity contribution in [3.05, 3.63) is 119 Å². The van der Waals surface area contributed by atoms with E-state index in [1.807, 2.05) is 73.1 Å².